The monoisotopic (exact) mass is 346 g/mol. The van der Waals surface area contributed by atoms with Gasteiger partial charge in [-0.2, -0.15) is 0 Å². The maximum absolute atomic E-state index is 12.6. The number of fused-ring (bicyclic) bond motifs is 2. The highest BCUT2D eigenvalue weighted by atomic mass is 32.2. The quantitative estimate of drug-likeness (QED) is 0.729. The van der Waals surface area contributed by atoms with Crippen molar-refractivity contribution in [1.29, 1.82) is 0 Å². The number of morpholine rings is 1. The molecule has 3 aliphatic rings. The van der Waals surface area contributed by atoms with Crippen LogP contribution in [0, 0.1) is 16.7 Å². The summed E-state index contributed by atoms with van der Waals surface area (Å²) in [7, 11) is -3.38. The maximum atomic E-state index is 12.6. The number of sulfonamides is 1. The number of hydrogen-bond acceptors (Lipinski definition) is 5. The fourth-order valence-corrected chi connectivity index (χ4v) is 7.25. The first-order valence-electron chi connectivity index (χ1n) is 8.72. The Morgan fingerprint density at radius 2 is 2.00 bits per heavy atom. The van der Waals surface area contributed by atoms with E-state index in [0.717, 1.165) is 45.6 Å². The summed E-state index contributed by atoms with van der Waals surface area (Å²) < 4.78 is 33.2. The standard InChI is InChI=1S/C16H30N2O4S/c1-15(2)13-3-4-16(15,12-23(20,21)17-5-8-19)14(11-13)18-6-9-22-10-7-18/h13-14,17,19H,3-12H2,1-2H3. The van der Waals surface area contributed by atoms with E-state index < -0.39 is 10.0 Å². The van der Waals surface area contributed by atoms with Gasteiger partial charge in [-0.1, -0.05) is 13.8 Å². The molecule has 0 radical (unpaired) electrons. The van der Waals surface area contributed by atoms with Crippen molar-refractivity contribution in [2.45, 2.75) is 39.2 Å². The lowest BCUT2D eigenvalue weighted by molar-refractivity contribution is -0.0257. The van der Waals surface area contributed by atoms with Gasteiger partial charge in [0.15, 0.2) is 0 Å². The van der Waals surface area contributed by atoms with Crippen LogP contribution in [0.4, 0.5) is 0 Å². The van der Waals surface area contributed by atoms with Gasteiger partial charge in [0.25, 0.3) is 0 Å². The minimum atomic E-state index is -3.38. The topological polar surface area (TPSA) is 78.9 Å². The molecule has 0 spiro atoms. The molecule has 0 aromatic rings. The molecule has 3 fully saturated rings. The minimum Gasteiger partial charge on any atom is -0.395 e. The molecule has 0 aromatic carbocycles. The third-order valence-electron chi connectivity index (χ3n) is 6.76. The van der Waals surface area contributed by atoms with Gasteiger partial charge in [-0.05, 0) is 30.6 Å². The molecule has 2 N–H and O–H groups in total. The Bertz CT molecular complexity index is 530. The van der Waals surface area contributed by atoms with Gasteiger partial charge in [0.05, 0.1) is 25.6 Å². The average Bonchev–Trinajstić information content (AvgIpc) is 2.88. The fourth-order valence-electron chi connectivity index (χ4n) is 5.36. The molecule has 3 unspecified atom stereocenters. The average molecular weight is 346 g/mol. The third kappa shape index (κ3) is 2.95. The molecule has 3 atom stereocenters. The van der Waals surface area contributed by atoms with Crippen molar-refractivity contribution in [3.63, 3.8) is 0 Å². The molecular weight excluding hydrogens is 316 g/mol. The van der Waals surface area contributed by atoms with Gasteiger partial charge in [0.1, 0.15) is 0 Å². The second-order valence-corrected chi connectivity index (χ2v) is 9.70. The second-order valence-electron chi connectivity index (χ2n) is 7.89. The molecule has 7 heteroatoms. The molecule has 1 saturated heterocycles. The Hall–Kier alpha value is -0.210. The smallest absolute Gasteiger partial charge is 0.212 e. The van der Waals surface area contributed by atoms with Gasteiger partial charge in [0, 0.05) is 31.1 Å². The van der Waals surface area contributed by atoms with E-state index in [1.807, 2.05) is 0 Å². The molecule has 2 bridgehead atoms. The van der Waals surface area contributed by atoms with E-state index in [2.05, 4.69) is 23.5 Å². The molecule has 2 aliphatic carbocycles. The normalized spacial score (nSPS) is 37.3. The lowest BCUT2D eigenvalue weighted by Gasteiger charge is -2.47. The zero-order chi connectivity index (χ0) is 16.7. The summed E-state index contributed by atoms with van der Waals surface area (Å²) >= 11 is 0. The molecule has 2 saturated carbocycles. The van der Waals surface area contributed by atoms with E-state index in [0.29, 0.717) is 12.0 Å². The summed E-state index contributed by atoms with van der Waals surface area (Å²) in [6, 6.07) is 0.325. The highest BCUT2D eigenvalue weighted by Gasteiger charge is 2.66. The second kappa shape index (κ2) is 6.26. The first-order valence-corrected chi connectivity index (χ1v) is 10.4. The van der Waals surface area contributed by atoms with E-state index in [1.54, 1.807) is 0 Å². The van der Waals surface area contributed by atoms with Crippen molar-refractivity contribution in [3.05, 3.63) is 0 Å². The fraction of sp³-hybridized carbons (Fsp3) is 1.00. The Labute approximate surface area is 139 Å². The van der Waals surface area contributed by atoms with Crippen LogP contribution in [-0.4, -0.2) is 69.7 Å². The van der Waals surface area contributed by atoms with E-state index in [4.69, 9.17) is 9.84 Å². The molecule has 1 aliphatic heterocycles. The molecule has 6 nitrogen and oxygen atoms in total. The molecule has 3 rings (SSSR count). The number of hydrogen-bond donors (Lipinski definition) is 2. The Balaban J connectivity index is 1.87. The summed E-state index contributed by atoms with van der Waals surface area (Å²) in [5.74, 6) is 0.773. The van der Waals surface area contributed by atoms with Crippen LogP contribution in [0.25, 0.3) is 0 Å². The van der Waals surface area contributed by atoms with Gasteiger partial charge in [-0.3, -0.25) is 4.90 Å². The number of nitrogens with one attached hydrogen (secondary N) is 1. The predicted octanol–water partition coefficient (Wildman–Crippen LogP) is 0.425. The Kier molecular flexibility index (Phi) is 4.79. The van der Waals surface area contributed by atoms with Crippen LogP contribution in [0.2, 0.25) is 0 Å². The minimum absolute atomic E-state index is 0.0317. The van der Waals surface area contributed by atoms with Crippen molar-refractivity contribution < 1.29 is 18.3 Å². The maximum Gasteiger partial charge on any atom is 0.212 e. The van der Waals surface area contributed by atoms with Crippen LogP contribution in [0.1, 0.15) is 33.1 Å². The van der Waals surface area contributed by atoms with Crippen LogP contribution < -0.4 is 4.72 Å². The van der Waals surface area contributed by atoms with Crippen LogP contribution in [0.15, 0.2) is 0 Å². The van der Waals surface area contributed by atoms with E-state index in [-0.39, 0.29) is 29.7 Å². The summed E-state index contributed by atoms with van der Waals surface area (Å²) in [6.07, 6.45) is 3.21. The van der Waals surface area contributed by atoms with Gasteiger partial charge in [-0.15, -0.1) is 0 Å². The number of aliphatic hydroxyl groups is 1. The number of aliphatic hydroxyl groups excluding tert-OH is 1. The van der Waals surface area contributed by atoms with Crippen LogP contribution in [0.3, 0.4) is 0 Å². The van der Waals surface area contributed by atoms with Crippen LogP contribution in [-0.2, 0) is 14.8 Å². The van der Waals surface area contributed by atoms with Crippen molar-refractivity contribution in [2.75, 3.05) is 45.2 Å². The molecule has 0 amide bonds. The van der Waals surface area contributed by atoms with Crippen molar-refractivity contribution in [2.24, 2.45) is 16.7 Å². The summed E-state index contributed by atoms with van der Waals surface area (Å²) in [5, 5.41) is 8.93. The summed E-state index contributed by atoms with van der Waals surface area (Å²) in [4.78, 5) is 2.46. The van der Waals surface area contributed by atoms with E-state index >= 15 is 0 Å². The summed E-state index contributed by atoms with van der Waals surface area (Å²) in [5.41, 5.74) is -0.166. The number of ether oxygens (including phenoxy) is 1. The first kappa shape index (κ1) is 17.6. The SMILES string of the molecule is CC1(C)C2CCC1(CS(=O)(=O)NCCO)C(N1CCOCC1)C2. The van der Waals surface area contributed by atoms with Gasteiger partial charge in [-0.25, -0.2) is 13.1 Å². The lowest BCUT2D eigenvalue weighted by Crippen LogP contribution is -2.56. The lowest BCUT2D eigenvalue weighted by atomic mass is 9.68. The van der Waals surface area contributed by atoms with Crippen molar-refractivity contribution in [3.8, 4) is 0 Å². The first-order chi connectivity index (χ1) is 10.8. The highest BCUT2D eigenvalue weighted by Crippen LogP contribution is 2.67. The summed E-state index contributed by atoms with van der Waals surface area (Å²) in [6.45, 7) is 7.74. The molecular formula is C16H30N2O4S. The molecule has 1 heterocycles. The molecule has 134 valence electrons. The number of rotatable bonds is 6. The Morgan fingerprint density at radius 1 is 1.30 bits per heavy atom. The number of nitrogens with zero attached hydrogens (tertiary/aromatic N) is 1. The van der Waals surface area contributed by atoms with Gasteiger partial charge in [0.2, 0.25) is 10.0 Å². The van der Waals surface area contributed by atoms with Gasteiger partial charge >= 0.3 is 0 Å². The molecule has 23 heavy (non-hydrogen) atoms. The third-order valence-corrected chi connectivity index (χ3v) is 8.30. The van der Waals surface area contributed by atoms with E-state index in [1.165, 1.54) is 0 Å². The predicted molar refractivity (Wildman–Crippen MR) is 88.6 cm³/mol. The highest BCUT2D eigenvalue weighted by molar-refractivity contribution is 7.89. The molecule has 0 aromatic heterocycles. The van der Waals surface area contributed by atoms with Crippen LogP contribution in [0.5, 0.6) is 0 Å². The van der Waals surface area contributed by atoms with E-state index in [9.17, 15) is 8.42 Å². The van der Waals surface area contributed by atoms with Crippen molar-refractivity contribution in [1.82, 2.24) is 9.62 Å². The van der Waals surface area contributed by atoms with Crippen LogP contribution >= 0.6 is 0 Å². The largest absolute Gasteiger partial charge is 0.395 e. The van der Waals surface area contributed by atoms with Gasteiger partial charge < -0.3 is 9.84 Å². The van der Waals surface area contributed by atoms with Crippen molar-refractivity contribution >= 4 is 10.0 Å². The zero-order valence-corrected chi connectivity index (χ0v) is 15.1. The zero-order valence-electron chi connectivity index (χ0n) is 14.3. The Morgan fingerprint density at radius 3 is 2.61 bits per heavy atom.